The van der Waals surface area contributed by atoms with E-state index in [-0.39, 0.29) is 23.2 Å². The lowest BCUT2D eigenvalue weighted by Crippen LogP contribution is -2.28. The van der Waals surface area contributed by atoms with Crippen molar-refractivity contribution < 1.29 is 14.0 Å². The molecule has 36 heavy (non-hydrogen) atoms. The van der Waals surface area contributed by atoms with Crippen molar-refractivity contribution in [1.29, 1.82) is 0 Å². The van der Waals surface area contributed by atoms with Crippen molar-refractivity contribution in [2.24, 2.45) is 11.7 Å². The summed E-state index contributed by atoms with van der Waals surface area (Å²) >= 11 is 0. The van der Waals surface area contributed by atoms with E-state index in [1.165, 1.54) is 23.0 Å². The Morgan fingerprint density at radius 3 is 2.53 bits per heavy atom. The maximum Gasteiger partial charge on any atom is 0.276 e. The summed E-state index contributed by atoms with van der Waals surface area (Å²) in [6.45, 7) is 0.410. The van der Waals surface area contributed by atoms with Crippen LogP contribution in [-0.4, -0.2) is 49.9 Å². The second kappa shape index (κ2) is 10.6. The van der Waals surface area contributed by atoms with Crippen molar-refractivity contribution >= 4 is 34.5 Å². The highest BCUT2D eigenvalue weighted by atomic mass is 19.1. The van der Waals surface area contributed by atoms with E-state index in [2.05, 4.69) is 31.0 Å². The standard InChI is InChI=1S/C25H31FN8O2/c26-19-13-28-10-8-20(19)32-25(36)22-14-29-24-21(30-16-5-6-16)12-23(33-34(22)24)31-17-3-1-15(2-4-17)11-18(35)7-9-27/h8,10,12-17,30H,1-7,9,11,27H2,(H,31,33)(H,28,32,36). The summed E-state index contributed by atoms with van der Waals surface area (Å²) in [5.74, 6) is 0.149. The van der Waals surface area contributed by atoms with E-state index in [1.54, 1.807) is 0 Å². The van der Waals surface area contributed by atoms with Crippen LogP contribution in [0, 0.1) is 11.7 Å². The third-order valence-electron chi connectivity index (χ3n) is 6.80. The van der Waals surface area contributed by atoms with Gasteiger partial charge in [0.25, 0.3) is 5.91 Å². The van der Waals surface area contributed by atoms with Gasteiger partial charge < -0.3 is 21.7 Å². The number of nitrogens with zero attached hydrogens (tertiary/aromatic N) is 4. The Bertz CT molecular complexity index is 1250. The third-order valence-corrected chi connectivity index (χ3v) is 6.80. The number of hydrogen-bond donors (Lipinski definition) is 4. The highest BCUT2D eigenvalue weighted by Crippen LogP contribution is 2.32. The Kier molecular flexibility index (Phi) is 7.08. The van der Waals surface area contributed by atoms with Gasteiger partial charge in [-0.3, -0.25) is 14.6 Å². The first-order valence-electron chi connectivity index (χ1n) is 12.5. The highest BCUT2D eigenvalue weighted by Gasteiger charge is 2.26. The van der Waals surface area contributed by atoms with Crippen molar-refractivity contribution in [3.05, 3.63) is 42.2 Å². The molecule has 5 rings (SSSR count). The molecule has 2 aliphatic rings. The molecule has 190 valence electrons. The maximum absolute atomic E-state index is 14.0. The van der Waals surface area contributed by atoms with Gasteiger partial charge in [-0.1, -0.05) is 0 Å². The maximum atomic E-state index is 14.0. The van der Waals surface area contributed by atoms with E-state index in [9.17, 15) is 14.0 Å². The van der Waals surface area contributed by atoms with Crippen molar-refractivity contribution in [1.82, 2.24) is 19.6 Å². The molecule has 0 aromatic carbocycles. The average Bonchev–Trinajstić information content (AvgIpc) is 3.57. The van der Waals surface area contributed by atoms with Gasteiger partial charge in [-0.25, -0.2) is 13.9 Å². The largest absolute Gasteiger partial charge is 0.379 e. The number of anilines is 3. The van der Waals surface area contributed by atoms with Crippen LogP contribution < -0.4 is 21.7 Å². The summed E-state index contributed by atoms with van der Waals surface area (Å²) in [7, 11) is 0. The number of halogens is 1. The second-order valence-electron chi connectivity index (χ2n) is 9.69. The lowest BCUT2D eigenvalue weighted by molar-refractivity contribution is -0.120. The number of nitrogens with two attached hydrogens (primary N) is 1. The summed E-state index contributed by atoms with van der Waals surface area (Å²) < 4.78 is 15.5. The number of rotatable bonds is 10. The number of imidazole rings is 1. The number of ketones is 1. The van der Waals surface area contributed by atoms with Crippen LogP contribution in [0.25, 0.3) is 5.65 Å². The molecule has 2 aliphatic carbocycles. The zero-order valence-electron chi connectivity index (χ0n) is 20.0. The fourth-order valence-corrected chi connectivity index (χ4v) is 4.72. The first kappa shape index (κ1) is 24.1. The molecule has 3 aromatic rings. The molecule has 0 unspecified atom stereocenters. The molecule has 11 heteroatoms. The van der Waals surface area contributed by atoms with Gasteiger partial charge in [0, 0.05) is 37.2 Å². The Balaban J connectivity index is 1.33. The number of aromatic nitrogens is 4. The zero-order chi connectivity index (χ0) is 25.1. The van der Waals surface area contributed by atoms with Gasteiger partial charge in [0.2, 0.25) is 0 Å². The fraction of sp³-hybridized carbons (Fsp3) is 0.480. The molecule has 0 saturated heterocycles. The molecule has 0 radical (unpaired) electrons. The number of fused-ring (bicyclic) bond motifs is 1. The molecule has 5 N–H and O–H groups in total. The Morgan fingerprint density at radius 2 is 1.81 bits per heavy atom. The normalized spacial score (nSPS) is 19.7. The minimum atomic E-state index is -0.619. The van der Waals surface area contributed by atoms with Crippen LogP contribution >= 0.6 is 0 Å². The van der Waals surface area contributed by atoms with Gasteiger partial charge in [0.05, 0.1) is 23.8 Å². The number of carbonyl (C=O) groups is 2. The third kappa shape index (κ3) is 5.62. The van der Waals surface area contributed by atoms with Crippen LogP contribution in [0.15, 0.2) is 30.7 Å². The van der Waals surface area contributed by atoms with Crippen molar-refractivity contribution in [3.63, 3.8) is 0 Å². The fourth-order valence-electron chi connectivity index (χ4n) is 4.72. The molecule has 3 aromatic heterocycles. The molecule has 0 bridgehead atoms. The lowest BCUT2D eigenvalue weighted by atomic mass is 9.83. The topological polar surface area (TPSA) is 139 Å². The number of carbonyl (C=O) groups excluding carboxylic acids is 2. The zero-order valence-corrected chi connectivity index (χ0v) is 20.0. The molecule has 10 nitrogen and oxygen atoms in total. The first-order chi connectivity index (χ1) is 17.5. The molecular formula is C25H31FN8O2. The molecule has 2 fully saturated rings. The molecule has 1 amide bonds. The van der Waals surface area contributed by atoms with Gasteiger partial charge in [-0.2, -0.15) is 0 Å². The molecule has 2 saturated carbocycles. The van der Waals surface area contributed by atoms with Crippen LogP contribution in [0.4, 0.5) is 21.6 Å². The minimum absolute atomic E-state index is 0.0391. The van der Waals surface area contributed by atoms with Gasteiger partial charge in [0.15, 0.2) is 17.2 Å². The predicted octanol–water partition coefficient (Wildman–Crippen LogP) is 3.37. The molecule has 0 atom stereocenters. The average molecular weight is 495 g/mol. The van der Waals surface area contributed by atoms with Crippen molar-refractivity contribution in [2.45, 2.75) is 63.5 Å². The number of pyridine rings is 1. The summed E-state index contributed by atoms with van der Waals surface area (Å²) in [6.07, 6.45) is 10.9. The van der Waals surface area contributed by atoms with E-state index >= 15 is 0 Å². The second-order valence-corrected chi connectivity index (χ2v) is 9.69. The molecule has 3 heterocycles. The van der Waals surface area contributed by atoms with E-state index in [0.717, 1.165) is 50.4 Å². The van der Waals surface area contributed by atoms with Gasteiger partial charge in [-0.15, -0.1) is 5.10 Å². The SMILES string of the molecule is NCCC(=O)CC1CCC(Nc2cc(NC3CC3)c3ncc(C(=O)Nc4ccncc4F)n3n2)CC1. The van der Waals surface area contributed by atoms with Crippen LogP contribution in [0.3, 0.4) is 0 Å². The quantitative estimate of drug-likeness (QED) is 0.336. The van der Waals surface area contributed by atoms with Crippen molar-refractivity contribution in [2.75, 3.05) is 22.5 Å². The molecule has 0 spiro atoms. The Morgan fingerprint density at radius 1 is 1.06 bits per heavy atom. The summed E-state index contributed by atoms with van der Waals surface area (Å²) in [6, 6.07) is 3.93. The summed E-state index contributed by atoms with van der Waals surface area (Å²) in [4.78, 5) is 33.1. The van der Waals surface area contributed by atoms with E-state index in [0.29, 0.717) is 42.8 Å². The highest BCUT2D eigenvalue weighted by molar-refractivity contribution is 6.03. The molecular weight excluding hydrogens is 463 g/mol. The van der Waals surface area contributed by atoms with Crippen LogP contribution in [0.1, 0.15) is 61.9 Å². The van der Waals surface area contributed by atoms with Crippen molar-refractivity contribution in [3.8, 4) is 0 Å². The summed E-state index contributed by atoms with van der Waals surface area (Å²) in [5, 5.41) is 14.2. The van der Waals surface area contributed by atoms with E-state index < -0.39 is 11.7 Å². The van der Waals surface area contributed by atoms with Crippen LogP contribution in [-0.2, 0) is 4.79 Å². The number of amides is 1. The van der Waals surface area contributed by atoms with Gasteiger partial charge >= 0.3 is 0 Å². The van der Waals surface area contributed by atoms with Gasteiger partial charge in [-0.05, 0) is 57.1 Å². The smallest absolute Gasteiger partial charge is 0.276 e. The van der Waals surface area contributed by atoms with Crippen LogP contribution in [0.5, 0.6) is 0 Å². The number of nitrogens with one attached hydrogen (secondary N) is 3. The molecule has 0 aliphatic heterocycles. The van der Waals surface area contributed by atoms with E-state index in [1.807, 2.05) is 6.07 Å². The summed E-state index contributed by atoms with van der Waals surface area (Å²) in [5.41, 5.74) is 7.07. The first-order valence-corrected chi connectivity index (χ1v) is 12.5. The Hall–Kier alpha value is -3.60. The number of Topliss-reactive ketones (excluding diaryl/α,β-unsaturated/α-hetero) is 1. The van der Waals surface area contributed by atoms with E-state index in [4.69, 9.17) is 5.73 Å². The number of hydrogen-bond acceptors (Lipinski definition) is 8. The minimum Gasteiger partial charge on any atom is -0.379 e. The Labute approximate surface area is 208 Å². The predicted molar refractivity (Wildman–Crippen MR) is 134 cm³/mol. The van der Waals surface area contributed by atoms with Crippen LogP contribution in [0.2, 0.25) is 0 Å². The lowest BCUT2D eigenvalue weighted by Gasteiger charge is -2.29. The van der Waals surface area contributed by atoms with Gasteiger partial charge in [0.1, 0.15) is 11.6 Å². The monoisotopic (exact) mass is 494 g/mol.